The normalized spacial score (nSPS) is 11.5. The lowest BCUT2D eigenvalue weighted by atomic mass is 10.1. The number of hydrogen-bond acceptors (Lipinski definition) is 2. The lowest BCUT2D eigenvalue weighted by Gasteiger charge is -2.02. The summed E-state index contributed by atoms with van der Waals surface area (Å²) in [4.78, 5) is 7.06. The fourth-order valence-electron chi connectivity index (χ4n) is 1.45. The first-order chi connectivity index (χ1) is 8.30. The minimum absolute atomic E-state index is 0.356. The SMILES string of the molecule is C/C=C\C(=C/C)Cc1ccc(CN=[N+]=[N-])cn1. The van der Waals surface area contributed by atoms with Crippen LogP contribution in [0.5, 0.6) is 0 Å². The molecule has 0 aliphatic heterocycles. The van der Waals surface area contributed by atoms with Gasteiger partial charge >= 0.3 is 0 Å². The van der Waals surface area contributed by atoms with Crippen LogP contribution >= 0.6 is 0 Å². The molecule has 0 spiro atoms. The van der Waals surface area contributed by atoms with Crippen molar-refractivity contribution in [2.45, 2.75) is 26.8 Å². The Hall–Kier alpha value is -2.06. The van der Waals surface area contributed by atoms with E-state index in [4.69, 9.17) is 5.53 Å². The van der Waals surface area contributed by atoms with Crippen molar-refractivity contribution in [3.63, 3.8) is 0 Å². The van der Waals surface area contributed by atoms with Gasteiger partial charge in [0, 0.05) is 23.2 Å². The van der Waals surface area contributed by atoms with Gasteiger partial charge in [0.15, 0.2) is 0 Å². The van der Waals surface area contributed by atoms with Gasteiger partial charge in [0.05, 0.1) is 6.54 Å². The number of pyridine rings is 1. The molecule has 4 heteroatoms. The lowest BCUT2D eigenvalue weighted by Crippen LogP contribution is -1.93. The summed E-state index contributed by atoms with van der Waals surface area (Å²) in [6.07, 6.45) is 8.76. The topological polar surface area (TPSA) is 61.7 Å². The molecule has 0 saturated carbocycles. The third-order valence-electron chi connectivity index (χ3n) is 2.34. The van der Waals surface area contributed by atoms with Crippen LogP contribution in [0.1, 0.15) is 25.1 Å². The molecule has 1 rings (SSSR count). The molecular weight excluding hydrogens is 212 g/mol. The van der Waals surface area contributed by atoms with Crippen LogP contribution in [0, 0.1) is 0 Å². The fraction of sp³-hybridized carbons (Fsp3) is 0.308. The van der Waals surface area contributed by atoms with Crippen LogP contribution in [0.4, 0.5) is 0 Å². The van der Waals surface area contributed by atoms with Crippen LogP contribution in [0.25, 0.3) is 10.4 Å². The summed E-state index contributed by atoms with van der Waals surface area (Å²) in [6.45, 7) is 4.38. The molecule has 4 nitrogen and oxygen atoms in total. The van der Waals surface area contributed by atoms with E-state index < -0.39 is 0 Å². The second kappa shape index (κ2) is 7.25. The highest BCUT2D eigenvalue weighted by Crippen LogP contribution is 2.09. The maximum atomic E-state index is 8.21. The molecule has 88 valence electrons. The van der Waals surface area contributed by atoms with Crippen LogP contribution in [-0.4, -0.2) is 4.98 Å². The molecule has 0 aromatic carbocycles. The first kappa shape index (κ1) is 13.0. The first-order valence-electron chi connectivity index (χ1n) is 5.52. The Morgan fingerprint density at radius 3 is 2.82 bits per heavy atom. The number of hydrogen-bond donors (Lipinski definition) is 0. The summed E-state index contributed by atoms with van der Waals surface area (Å²) in [5, 5.41) is 3.50. The van der Waals surface area contributed by atoms with E-state index in [0.717, 1.165) is 17.7 Å². The van der Waals surface area contributed by atoms with E-state index in [0.29, 0.717) is 6.54 Å². The van der Waals surface area contributed by atoms with Crippen LogP contribution < -0.4 is 0 Å². The Labute approximate surface area is 101 Å². The van der Waals surface area contributed by atoms with Crippen molar-refractivity contribution in [2.75, 3.05) is 0 Å². The van der Waals surface area contributed by atoms with E-state index in [1.165, 1.54) is 5.57 Å². The second-order valence-corrected chi connectivity index (χ2v) is 3.59. The maximum Gasteiger partial charge on any atom is 0.0526 e. The fourth-order valence-corrected chi connectivity index (χ4v) is 1.45. The van der Waals surface area contributed by atoms with E-state index in [9.17, 15) is 0 Å². The van der Waals surface area contributed by atoms with Crippen molar-refractivity contribution < 1.29 is 0 Å². The summed E-state index contributed by atoms with van der Waals surface area (Å²) in [5.74, 6) is 0. The Balaban J connectivity index is 2.70. The molecule has 17 heavy (non-hydrogen) atoms. The second-order valence-electron chi connectivity index (χ2n) is 3.59. The zero-order valence-corrected chi connectivity index (χ0v) is 10.2. The number of nitrogens with zero attached hydrogens (tertiary/aromatic N) is 4. The first-order valence-corrected chi connectivity index (χ1v) is 5.52. The van der Waals surface area contributed by atoms with Crippen molar-refractivity contribution >= 4 is 0 Å². The van der Waals surface area contributed by atoms with Crippen molar-refractivity contribution in [3.8, 4) is 0 Å². The lowest BCUT2D eigenvalue weighted by molar-refractivity contribution is 0.994. The van der Waals surface area contributed by atoms with Crippen molar-refractivity contribution in [1.29, 1.82) is 0 Å². The molecule has 0 atom stereocenters. The van der Waals surface area contributed by atoms with Crippen LogP contribution in [0.3, 0.4) is 0 Å². The number of allylic oxidation sites excluding steroid dienone is 4. The van der Waals surface area contributed by atoms with Gasteiger partial charge in [-0.25, -0.2) is 0 Å². The van der Waals surface area contributed by atoms with Gasteiger partial charge < -0.3 is 0 Å². The average Bonchev–Trinajstić information content (AvgIpc) is 2.37. The standard InChI is InChI=1S/C13H16N4/c1-3-5-11(4-2)8-13-7-6-12(9-15-13)10-16-17-14/h3-7,9H,8,10H2,1-2H3/b5-3-,11-4+. The Morgan fingerprint density at radius 1 is 1.47 bits per heavy atom. The highest BCUT2D eigenvalue weighted by atomic mass is 15.1. The monoisotopic (exact) mass is 228 g/mol. The van der Waals surface area contributed by atoms with Crippen molar-refractivity contribution in [1.82, 2.24) is 4.98 Å². The Bertz CT molecular complexity index is 451. The van der Waals surface area contributed by atoms with Crippen LogP contribution in [0.15, 0.2) is 47.2 Å². The van der Waals surface area contributed by atoms with E-state index in [1.54, 1.807) is 6.20 Å². The highest BCUT2D eigenvalue weighted by Gasteiger charge is 1.98. The third-order valence-corrected chi connectivity index (χ3v) is 2.34. The van der Waals surface area contributed by atoms with Gasteiger partial charge in [-0.1, -0.05) is 29.4 Å². The average molecular weight is 228 g/mol. The van der Waals surface area contributed by atoms with Gasteiger partial charge in [0.1, 0.15) is 0 Å². The number of azide groups is 1. The predicted octanol–water partition coefficient (Wildman–Crippen LogP) is 3.96. The number of aromatic nitrogens is 1. The third kappa shape index (κ3) is 4.53. The molecule has 1 aromatic rings. The summed E-state index contributed by atoms with van der Waals surface area (Å²) in [7, 11) is 0. The molecule has 0 saturated heterocycles. The molecule has 0 bridgehead atoms. The van der Waals surface area contributed by atoms with E-state index in [-0.39, 0.29) is 0 Å². The van der Waals surface area contributed by atoms with Crippen LogP contribution in [0.2, 0.25) is 0 Å². The minimum Gasteiger partial charge on any atom is -0.261 e. The quantitative estimate of drug-likeness (QED) is 0.325. The van der Waals surface area contributed by atoms with Gasteiger partial charge in [-0.15, -0.1) is 0 Å². The summed E-state index contributed by atoms with van der Waals surface area (Å²) < 4.78 is 0. The van der Waals surface area contributed by atoms with Gasteiger partial charge in [0.2, 0.25) is 0 Å². The maximum absolute atomic E-state index is 8.21. The molecule has 0 fully saturated rings. The zero-order chi connectivity index (χ0) is 12.5. The molecule has 0 unspecified atom stereocenters. The Morgan fingerprint density at radius 2 is 2.29 bits per heavy atom. The zero-order valence-electron chi connectivity index (χ0n) is 10.2. The molecule has 0 aliphatic rings. The van der Waals surface area contributed by atoms with E-state index in [1.807, 2.05) is 32.1 Å². The van der Waals surface area contributed by atoms with Gasteiger partial charge in [0.25, 0.3) is 0 Å². The molecule has 1 aromatic heterocycles. The molecule has 0 amide bonds. The van der Waals surface area contributed by atoms with Gasteiger partial charge in [-0.2, -0.15) is 0 Å². The van der Waals surface area contributed by atoms with Crippen molar-refractivity contribution in [3.05, 3.63) is 63.8 Å². The minimum atomic E-state index is 0.356. The molecule has 1 heterocycles. The smallest absolute Gasteiger partial charge is 0.0526 e. The summed E-state index contributed by atoms with van der Waals surface area (Å²) >= 11 is 0. The highest BCUT2D eigenvalue weighted by molar-refractivity contribution is 5.25. The molecule has 0 N–H and O–H groups in total. The van der Waals surface area contributed by atoms with Gasteiger partial charge in [-0.05, 0) is 36.6 Å². The summed E-state index contributed by atoms with van der Waals surface area (Å²) in [5.41, 5.74) is 11.4. The molecular formula is C13H16N4. The van der Waals surface area contributed by atoms with E-state index in [2.05, 4.69) is 27.2 Å². The largest absolute Gasteiger partial charge is 0.261 e. The predicted molar refractivity (Wildman–Crippen MR) is 69.4 cm³/mol. The van der Waals surface area contributed by atoms with Crippen molar-refractivity contribution in [2.24, 2.45) is 5.11 Å². The van der Waals surface area contributed by atoms with Gasteiger partial charge in [-0.3, -0.25) is 4.98 Å². The van der Waals surface area contributed by atoms with Crippen LogP contribution in [-0.2, 0) is 13.0 Å². The summed E-state index contributed by atoms with van der Waals surface area (Å²) in [6, 6.07) is 3.91. The number of rotatable bonds is 5. The Kier molecular flexibility index (Phi) is 5.55. The van der Waals surface area contributed by atoms with E-state index >= 15 is 0 Å². The molecule has 0 aliphatic carbocycles. The molecule has 0 radical (unpaired) electrons.